The third-order valence-electron chi connectivity index (χ3n) is 4.36. The van der Waals surface area contributed by atoms with Crippen molar-refractivity contribution in [1.29, 1.82) is 5.41 Å². The standard InChI is InChI=1S/C21H18N4O2S/c1-3-27-21(26)18-13(2)17(20-23-15-11-7-8-12-16(15)28-20)19(22)25(24-18)14-9-5-4-6-10-14/h4-12,22H,3H2,1-2H3. The van der Waals surface area contributed by atoms with E-state index in [0.29, 0.717) is 21.8 Å². The van der Waals surface area contributed by atoms with Crippen molar-refractivity contribution in [3.63, 3.8) is 0 Å². The lowest BCUT2D eigenvalue weighted by Crippen LogP contribution is -2.28. The Labute approximate surface area is 165 Å². The van der Waals surface area contributed by atoms with Crippen molar-refractivity contribution in [3.05, 3.63) is 71.3 Å². The summed E-state index contributed by atoms with van der Waals surface area (Å²) in [6.45, 7) is 3.80. The van der Waals surface area contributed by atoms with Gasteiger partial charge in [-0.2, -0.15) is 5.10 Å². The number of benzene rings is 2. The Morgan fingerprint density at radius 2 is 1.86 bits per heavy atom. The van der Waals surface area contributed by atoms with Gasteiger partial charge in [0.2, 0.25) is 0 Å². The molecule has 2 aromatic heterocycles. The van der Waals surface area contributed by atoms with Gasteiger partial charge in [-0.3, -0.25) is 5.41 Å². The zero-order valence-electron chi connectivity index (χ0n) is 15.5. The van der Waals surface area contributed by atoms with Crippen LogP contribution in [-0.4, -0.2) is 27.3 Å². The van der Waals surface area contributed by atoms with Crippen LogP contribution >= 0.6 is 11.3 Å². The summed E-state index contributed by atoms with van der Waals surface area (Å²) in [5, 5.41) is 13.9. The van der Waals surface area contributed by atoms with Crippen LogP contribution in [0.4, 0.5) is 0 Å². The second-order valence-electron chi connectivity index (χ2n) is 6.15. The van der Waals surface area contributed by atoms with Gasteiger partial charge in [0.15, 0.2) is 11.2 Å². The first-order valence-electron chi connectivity index (χ1n) is 8.87. The number of carbonyl (C=O) groups excluding carboxylic acids is 1. The van der Waals surface area contributed by atoms with Gasteiger partial charge in [-0.1, -0.05) is 30.3 Å². The van der Waals surface area contributed by atoms with Crippen molar-refractivity contribution < 1.29 is 9.53 Å². The van der Waals surface area contributed by atoms with E-state index < -0.39 is 5.97 Å². The van der Waals surface area contributed by atoms with Crippen molar-refractivity contribution in [3.8, 4) is 16.3 Å². The minimum absolute atomic E-state index is 0.177. The average Bonchev–Trinajstić information content (AvgIpc) is 3.12. The van der Waals surface area contributed by atoms with Gasteiger partial charge in [0, 0.05) is 0 Å². The minimum Gasteiger partial charge on any atom is -0.461 e. The number of carbonyl (C=O) groups is 1. The molecule has 4 rings (SSSR count). The van der Waals surface area contributed by atoms with Gasteiger partial charge >= 0.3 is 5.97 Å². The lowest BCUT2D eigenvalue weighted by molar-refractivity contribution is 0.0516. The van der Waals surface area contributed by atoms with Crippen molar-refractivity contribution in [2.45, 2.75) is 13.8 Å². The van der Waals surface area contributed by atoms with Crippen molar-refractivity contribution in [1.82, 2.24) is 14.8 Å². The van der Waals surface area contributed by atoms with E-state index >= 15 is 0 Å². The molecule has 0 fully saturated rings. The molecule has 0 atom stereocenters. The molecule has 0 aliphatic heterocycles. The molecule has 0 radical (unpaired) electrons. The first-order valence-corrected chi connectivity index (χ1v) is 9.68. The summed E-state index contributed by atoms with van der Waals surface area (Å²) in [7, 11) is 0. The van der Waals surface area contributed by atoms with Crippen LogP contribution in [0.15, 0.2) is 54.6 Å². The molecule has 1 N–H and O–H groups in total. The molecule has 0 aliphatic carbocycles. The molecular weight excluding hydrogens is 372 g/mol. The SMILES string of the molecule is CCOC(=O)c1nn(-c2ccccc2)c(=N)c(-c2nc3ccccc3s2)c1C. The number of rotatable bonds is 4. The highest BCUT2D eigenvalue weighted by molar-refractivity contribution is 7.21. The van der Waals surface area contributed by atoms with Crippen LogP contribution in [0.1, 0.15) is 23.0 Å². The largest absolute Gasteiger partial charge is 0.461 e. The molecule has 0 saturated heterocycles. The molecule has 0 saturated carbocycles. The highest BCUT2D eigenvalue weighted by Crippen LogP contribution is 2.31. The number of esters is 1. The number of ether oxygens (including phenoxy) is 1. The van der Waals surface area contributed by atoms with E-state index in [1.807, 2.05) is 54.6 Å². The monoisotopic (exact) mass is 390 g/mol. The molecule has 140 valence electrons. The predicted octanol–water partition coefficient (Wildman–Crippen LogP) is 4.11. The third kappa shape index (κ3) is 3.10. The van der Waals surface area contributed by atoms with Gasteiger partial charge in [-0.25, -0.2) is 14.5 Å². The summed E-state index contributed by atoms with van der Waals surface area (Å²) >= 11 is 1.49. The Hall–Kier alpha value is -3.32. The molecule has 0 aliphatic rings. The Kier molecular flexibility index (Phi) is 4.75. The smallest absolute Gasteiger partial charge is 0.359 e. The van der Waals surface area contributed by atoms with E-state index in [-0.39, 0.29) is 17.8 Å². The van der Waals surface area contributed by atoms with Gasteiger partial charge < -0.3 is 4.74 Å². The summed E-state index contributed by atoms with van der Waals surface area (Å²) in [6, 6.07) is 17.1. The van der Waals surface area contributed by atoms with Crippen LogP contribution < -0.4 is 5.49 Å². The van der Waals surface area contributed by atoms with Crippen LogP contribution in [0.25, 0.3) is 26.5 Å². The molecule has 0 unspecified atom stereocenters. The maximum absolute atomic E-state index is 12.5. The quantitative estimate of drug-likeness (QED) is 0.532. The summed E-state index contributed by atoms with van der Waals surface area (Å²) in [5.41, 5.74) is 3.10. The van der Waals surface area contributed by atoms with Gasteiger partial charge in [-0.05, 0) is 43.7 Å². The van der Waals surface area contributed by atoms with Gasteiger partial charge in [0.25, 0.3) is 0 Å². The molecular formula is C21H18N4O2S. The summed E-state index contributed by atoms with van der Waals surface area (Å²) < 4.78 is 7.68. The van der Waals surface area contributed by atoms with Crippen LogP contribution in [0.3, 0.4) is 0 Å². The summed E-state index contributed by atoms with van der Waals surface area (Å²) in [5.74, 6) is -0.507. The summed E-state index contributed by atoms with van der Waals surface area (Å²) in [6.07, 6.45) is 0. The number of nitrogens with zero attached hydrogens (tertiary/aromatic N) is 3. The number of hydrogen-bond acceptors (Lipinski definition) is 6. The fourth-order valence-corrected chi connectivity index (χ4v) is 4.09. The molecule has 28 heavy (non-hydrogen) atoms. The first-order chi connectivity index (χ1) is 13.6. The van der Waals surface area contributed by atoms with Crippen LogP contribution in [0.2, 0.25) is 0 Å². The molecule has 0 bridgehead atoms. The Bertz CT molecular complexity index is 1200. The zero-order chi connectivity index (χ0) is 19.7. The van der Waals surface area contributed by atoms with Gasteiger partial charge in [-0.15, -0.1) is 11.3 Å². The lowest BCUT2D eigenvalue weighted by Gasteiger charge is -2.14. The van der Waals surface area contributed by atoms with Crippen LogP contribution in [-0.2, 0) is 4.74 Å². The molecule has 7 heteroatoms. The van der Waals surface area contributed by atoms with E-state index in [9.17, 15) is 4.79 Å². The number of fused-ring (bicyclic) bond motifs is 1. The number of thiazole rings is 1. The van der Waals surface area contributed by atoms with Crippen molar-refractivity contribution >= 4 is 27.5 Å². The topological polar surface area (TPSA) is 80.9 Å². The first kappa shape index (κ1) is 18.1. The molecule has 0 spiro atoms. The Morgan fingerprint density at radius 1 is 1.14 bits per heavy atom. The van der Waals surface area contributed by atoms with E-state index in [0.717, 1.165) is 10.2 Å². The second kappa shape index (κ2) is 7.36. The Balaban J connectivity index is 2.02. The van der Waals surface area contributed by atoms with E-state index in [1.54, 1.807) is 13.8 Å². The average molecular weight is 390 g/mol. The maximum atomic E-state index is 12.5. The molecule has 2 aromatic carbocycles. The predicted molar refractivity (Wildman–Crippen MR) is 109 cm³/mol. The third-order valence-corrected chi connectivity index (χ3v) is 5.41. The van der Waals surface area contributed by atoms with E-state index in [1.165, 1.54) is 16.0 Å². The fourth-order valence-electron chi connectivity index (χ4n) is 3.02. The zero-order valence-corrected chi connectivity index (χ0v) is 16.3. The highest BCUT2D eigenvalue weighted by Gasteiger charge is 2.22. The highest BCUT2D eigenvalue weighted by atomic mass is 32.1. The van der Waals surface area contributed by atoms with Crippen molar-refractivity contribution in [2.75, 3.05) is 6.61 Å². The maximum Gasteiger partial charge on any atom is 0.359 e. The minimum atomic E-state index is -0.507. The van der Waals surface area contributed by atoms with Crippen LogP contribution in [0.5, 0.6) is 0 Å². The van der Waals surface area contributed by atoms with Gasteiger partial charge in [0.05, 0.1) is 28.1 Å². The lowest BCUT2D eigenvalue weighted by atomic mass is 10.1. The molecule has 6 nitrogen and oxygen atoms in total. The molecule has 2 heterocycles. The number of para-hydroxylation sites is 2. The van der Waals surface area contributed by atoms with E-state index in [4.69, 9.17) is 15.1 Å². The second-order valence-corrected chi connectivity index (χ2v) is 7.18. The molecule has 0 amide bonds. The summed E-state index contributed by atoms with van der Waals surface area (Å²) in [4.78, 5) is 17.2. The van der Waals surface area contributed by atoms with Crippen molar-refractivity contribution in [2.24, 2.45) is 0 Å². The number of aromatic nitrogens is 3. The normalized spacial score (nSPS) is 10.9. The molecule has 4 aromatic rings. The van der Waals surface area contributed by atoms with Crippen LogP contribution in [0, 0.1) is 12.3 Å². The van der Waals surface area contributed by atoms with Gasteiger partial charge in [0.1, 0.15) is 5.01 Å². The number of hydrogen-bond donors (Lipinski definition) is 1. The Morgan fingerprint density at radius 3 is 2.57 bits per heavy atom. The number of nitrogens with one attached hydrogen (secondary N) is 1. The fraction of sp³-hybridized carbons (Fsp3) is 0.143. The van der Waals surface area contributed by atoms with E-state index in [2.05, 4.69) is 5.10 Å².